The number of hydrogen-bond acceptors (Lipinski definition) is 6. The van der Waals surface area contributed by atoms with Crippen LogP contribution in [0, 0.1) is 20.7 Å². The maximum Gasteiger partial charge on any atom is 0.255 e. The van der Waals surface area contributed by atoms with E-state index in [0.29, 0.717) is 5.56 Å². The summed E-state index contributed by atoms with van der Waals surface area (Å²) < 4.78 is 110. The molecular weight excluding hydrogens is 450 g/mol. The Labute approximate surface area is 227 Å². The molecule has 0 aliphatic carbocycles. The van der Waals surface area contributed by atoms with Crippen LogP contribution in [0.2, 0.25) is 0 Å². The first kappa shape index (κ1) is 12.2. The molecule has 0 aliphatic heterocycles. The van der Waals surface area contributed by atoms with Gasteiger partial charge in [-0.1, -0.05) is 6.04 Å². The summed E-state index contributed by atoms with van der Waals surface area (Å²) in [6.07, 6.45) is 1.50. The van der Waals surface area contributed by atoms with Crippen molar-refractivity contribution in [3.63, 3.8) is 0 Å². The number of aromatic nitrogens is 5. The molecule has 2 aromatic carbocycles. The summed E-state index contributed by atoms with van der Waals surface area (Å²) in [6.45, 7) is -0.299. The van der Waals surface area contributed by atoms with Gasteiger partial charge in [-0.05, 0) is 80.2 Å². The second kappa shape index (κ2) is 9.79. The third kappa shape index (κ3) is 5.12. The number of amides is 1. The molecule has 1 amide bonds. The molecule has 2 N–H and O–H groups in total. The number of carbonyl (C=O) groups is 1. The van der Waals surface area contributed by atoms with E-state index in [2.05, 4.69) is 30.6 Å². The van der Waals surface area contributed by atoms with Crippen molar-refractivity contribution in [2.24, 2.45) is 0 Å². The van der Waals surface area contributed by atoms with Gasteiger partial charge in [0, 0.05) is 57.0 Å². The predicted molar refractivity (Wildman–Crippen MR) is 141 cm³/mol. The number of aryl methyl sites for hydroxylation is 1. The second-order valence-electron chi connectivity index (χ2n) is 7.42. The summed E-state index contributed by atoms with van der Waals surface area (Å²) in [5.41, 5.74) is -2.81. The highest BCUT2D eigenvalue weighted by atomic mass is 16.1. The van der Waals surface area contributed by atoms with Crippen LogP contribution in [-0.2, 0) is 0 Å². The molecule has 36 heavy (non-hydrogen) atoms. The Morgan fingerprint density at radius 3 is 2.81 bits per heavy atom. The summed E-state index contributed by atoms with van der Waals surface area (Å²) in [5.74, 6) is -1.74. The zero-order valence-electron chi connectivity index (χ0n) is 32.0. The molecule has 5 rings (SSSR count). The fourth-order valence-electron chi connectivity index (χ4n) is 3.08. The van der Waals surface area contributed by atoms with Crippen molar-refractivity contribution < 1.29 is 22.6 Å². The van der Waals surface area contributed by atoms with Crippen molar-refractivity contribution in [3.05, 3.63) is 108 Å². The fraction of sp³-hybridized carbons (Fsp3) is 0.107. The van der Waals surface area contributed by atoms with Gasteiger partial charge in [0.05, 0.1) is 30.0 Å². The molecule has 0 saturated heterocycles. The third-order valence-corrected chi connectivity index (χ3v) is 4.68. The molecular formula is C28H25N7O. The van der Waals surface area contributed by atoms with Crippen molar-refractivity contribution in [2.75, 3.05) is 10.6 Å². The standard InChI is InChI=1S/C28H25N7O/c1-18-11-23(14-24(12-18)35-16-20(3)31-17-35)32-27(36)21-7-6-19(2)26(13-21)34-28-30-10-8-25(33-28)22-5-4-9-29-15-22/h4-17H,1-3H3,(H,32,36)(H,30,33,34)/i2D3,6D,7D,8D,10D,11D,12D,13D,14D,16D,17D. The Morgan fingerprint density at radius 2 is 2.03 bits per heavy atom. The van der Waals surface area contributed by atoms with Gasteiger partial charge in [0.1, 0.15) is 1.37 Å². The van der Waals surface area contributed by atoms with Crippen LogP contribution in [0.25, 0.3) is 16.9 Å². The summed E-state index contributed by atoms with van der Waals surface area (Å²) in [4.78, 5) is 29.7. The van der Waals surface area contributed by atoms with Crippen LogP contribution in [0.5, 0.6) is 0 Å². The molecule has 0 aliphatic rings. The summed E-state index contributed by atoms with van der Waals surface area (Å²) in [7, 11) is 0. The van der Waals surface area contributed by atoms with E-state index in [9.17, 15) is 4.79 Å². The van der Waals surface area contributed by atoms with Crippen molar-refractivity contribution in [1.82, 2.24) is 24.5 Å². The molecule has 0 fully saturated rings. The summed E-state index contributed by atoms with van der Waals surface area (Å²) in [5, 5.41) is 4.80. The minimum atomic E-state index is -3.10. The van der Waals surface area contributed by atoms with E-state index < -0.39 is 83.9 Å². The van der Waals surface area contributed by atoms with Crippen molar-refractivity contribution >= 4 is 23.2 Å². The summed E-state index contributed by atoms with van der Waals surface area (Å²) >= 11 is 0. The van der Waals surface area contributed by atoms with E-state index in [-0.39, 0.29) is 40.9 Å². The van der Waals surface area contributed by atoms with Crippen LogP contribution in [-0.4, -0.2) is 30.4 Å². The first-order chi connectivity index (χ1) is 22.9. The van der Waals surface area contributed by atoms with Crippen molar-refractivity contribution in [1.29, 1.82) is 0 Å². The lowest BCUT2D eigenvalue weighted by molar-refractivity contribution is 0.102. The molecule has 0 bridgehead atoms. The van der Waals surface area contributed by atoms with E-state index in [0.717, 1.165) is 4.57 Å². The van der Waals surface area contributed by atoms with Gasteiger partial charge in [-0.3, -0.25) is 9.78 Å². The molecule has 0 saturated carbocycles. The molecule has 8 nitrogen and oxygen atoms in total. The van der Waals surface area contributed by atoms with Crippen molar-refractivity contribution in [2.45, 2.75) is 20.7 Å². The minimum Gasteiger partial charge on any atom is -0.324 e. The number of nitrogens with zero attached hydrogens (tertiary/aromatic N) is 5. The normalized spacial score (nSPS) is 16.2. The first-order valence-corrected chi connectivity index (χ1v) is 10.5. The molecule has 5 aromatic rings. The Balaban J connectivity index is 1.68. The van der Waals surface area contributed by atoms with Gasteiger partial charge in [0.25, 0.3) is 5.91 Å². The first-order valence-electron chi connectivity index (χ1n) is 17.0. The van der Waals surface area contributed by atoms with Crippen LogP contribution in [0.4, 0.5) is 17.3 Å². The Kier molecular flexibility index (Phi) is 3.32. The molecule has 178 valence electrons. The number of rotatable bonds is 6. The molecule has 8 heteroatoms. The average molecular weight is 489 g/mol. The predicted octanol–water partition coefficient (Wildman–Crippen LogP) is 5.65. The lowest BCUT2D eigenvalue weighted by atomic mass is 10.1. The quantitative estimate of drug-likeness (QED) is 0.321. The topological polar surface area (TPSA) is 97.6 Å². The number of pyridine rings is 1. The number of anilines is 3. The monoisotopic (exact) mass is 488 g/mol. The maximum absolute atomic E-state index is 13.8. The van der Waals surface area contributed by atoms with Gasteiger partial charge in [-0.2, -0.15) is 0 Å². The third-order valence-electron chi connectivity index (χ3n) is 4.68. The highest BCUT2D eigenvalue weighted by Crippen LogP contribution is 2.24. The van der Waals surface area contributed by atoms with E-state index in [4.69, 9.17) is 17.8 Å². The molecule has 0 radical (unpaired) electrons. The minimum absolute atomic E-state index is 0.0458. The molecule has 0 unspecified atom stereocenters. The highest BCUT2D eigenvalue weighted by Gasteiger charge is 2.12. The molecule has 3 aromatic heterocycles. The number of benzene rings is 2. The van der Waals surface area contributed by atoms with Crippen LogP contribution < -0.4 is 10.6 Å². The highest BCUT2D eigenvalue weighted by molar-refractivity contribution is 6.05. The maximum atomic E-state index is 13.8. The lowest BCUT2D eigenvalue weighted by Gasteiger charge is -2.13. The van der Waals surface area contributed by atoms with E-state index in [1.165, 1.54) is 26.2 Å². The van der Waals surface area contributed by atoms with Crippen LogP contribution in [0.15, 0.2) is 85.5 Å². The smallest absolute Gasteiger partial charge is 0.255 e. The van der Waals surface area contributed by atoms with E-state index in [1.54, 1.807) is 12.1 Å². The van der Waals surface area contributed by atoms with Crippen LogP contribution >= 0.6 is 0 Å². The SMILES string of the molecule is [2H]c1nc(Nc2c([2H])c(C(=O)Nc3c([2H])c(C)c([2H])c(-n4c([2H])nc(C)c4[2H])c3[2H])c([2H])c([2H])c2C([2H])([2H])[2H])nc(-c2cccnc2)c1[2H]. The van der Waals surface area contributed by atoms with Gasteiger partial charge >= 0.3 is 0 Å². The van der Waals surface area contributed by atoms with Gasteiger partial charge in [0.15, 0.2) is 0 Å². The fourth-order valence-corrected chi connectivity index (χ4v) is 3.08. The van der Waals surface area contributed by atoms with Gasteiger partial charge in [0.2, 0.25) is 5.95 Å². The largest absolute Gasteiger partial charge is 0.324 e. The molecule has 0 atom stereocenters. The van der Waals surface area contributed by atoms with Crippen molar-refractivity contribution in [3.8, 4) is 16.9 Å². The van der Waals surface area contributed by atoms with Crippen LogP contribution in [0.3, 0.4) is 0 Å². The van der Waals surface area contributed by atoms with E-state index >= 15 is 0 Å². The lowest BCUT2D eigenvalue weighted by Crippen LogP contribution is -2.13. The zero-order chi connectivity index (χ0) is 36.3. The van der Waals surface area contributed by atoms with Gasteiger partial charge < -0.3 is 15.2 Å². The zero-order valence-corrected chi connectivity index (χ0v) is 19.0. The van der Waals surface area contributed by atoms with E-state index in [1.807, 2.05) is 0 Å². The number of nitrogens with one attached hydrogen (secondary N) is 2. The second-order valence-corrected chi connectivity index (χ2v) is 7.42. The van der Waals surface area contributed by atoms with Crippen LogP contribution in [0.1, 0.15) is 45.0 Å². The Bertz CT molecular complexity index is 2170. The average Bonchev–Trinajstić information content (AvgIpc) is 3.28. The van der Waals surface area contributed by atoms with Gasteiger partial charge in [-0.25, -0.2) is 15.0 Å². The number of imidazole rings is 1. The Morgan fingerprint density at radius 1 is 1.11 bits per heavy atom. The number of carbonyl (C=O) groups excluding carboxylic acids is 1. The summed E-state index contributed by atoms with van der Waals surface area (Å²) in [6, 6.07) is -1.58. The number of hydrogen-bond donors (Lipinski definition) is 2. The van der Waals surface area contributed by atoms with Gasteiger partial charge in [-0.15, -0.1) is 0 Å². The molecule has 3 heterocycles. The molecule has 0 spiro atoms. The Hall–Kier alpha value is -4.85.